The Kier molecular flexibility index (Phi) is 3.64. The van der Waals surface area contributed by atoms with Gasteiger partial charge in [-0.3, -0.25) is 9.59 Å². The number of aryl methyl sites for hydroxylation is 1. The fraction of sp³-hybridized carbons (Fsp3) is 0.250. The van der Waals surface area contributed by atoms with Crippen LogP contribution in [0, 0.1) is 0 Å². The third kappa shape index (κ3) is 2.77. The Hall–Kier alpha value is -1.93. The molecule has 0 aliphatic carbocycles. The Balaban J connectivity index is 1.78. The number of rotatable bonds is 4. The highest BCUT2D eigenvalue weighted by Crippen LogP contribution is 2.30. The van der Waals surface area contributed by atoms with Gasteiger partial charge in [-0.2, -0.15) is 0 Å². The van der Waals surface area contributed by atoms with E-state index in [1.54, 1.807) is 19.2 Å². The summed E-state index contributed by atoms with van der Waals surface area (Å²) in [5, 5.41) is 14.6. The number of hydrogen-bond donors (Lipinski definition) is 1. The lowest BCUT2D eigenvalue weighted by Gasteiger charge is -2.06. The molecule has 1 N–H and O–H groups in total. The quantitative estimate of drug-likeness (QED) is 0.674. The van der Waals surface area contributed by atoms with Crippen LogP contribution in [0.15, 0.2) is 17.3 Å². The highest BCUT2D eigenvalue weighted by atomic mass is 35.5. The zero-order chi connectivity index (χ0) is 15.0. The zero-order valence-electron chi connectivity index (χ0n) is 11.0. The van der Waals surface area contributed by atoms with Crippen LogP contribution in [0.3, 0.4) is 0 Å². The molecule has 1 aliphatic heterocycles. The van der Waals surface area contributed by atoms with Crippen LogP contribution in [0.5, 0.6) is 0 Å². The molecule has 1 amide bonds. The molecular formula is C12H10ClN5O2S. The molecule has 0 saturated carbocycles. The molecule has 0 bridgehead atoms. The Morgan fingerprint density at radius 1 is 1.52 bits per heavy atom. The van der Waals surface area contributed by atoms with Gasteiger partial charge in [-0.25, -0.2) is 4.68 Å². The molecule has 3 rings (SSSR count). The third-order valence-electron chi connectivity index (χ3n) is 3.03. The minimum Gasteiger partial charge on any atom is -0.325 e. The summed E-state index contributed by atoms with van der Waals surface area (Å²) >= 11 is 7.35. The van der Waals surface area contributed by atoms with Crippen molar-refractivity contribution in [2.75, 3.05) is 11.1 Å². The van der Waals surface area contributed by atoms with Gasteiger partial charge in [-0.05, 0) is 28.1 Å². The van der Waals surface area contributed by atoms with E-state index in [9.17, 15) is 9.59 Å². The lowest BCUT2D eigenvalue weighted by atomic mass is 10.1. The van der Waals surface area contributed by atoms with Gasteiger partial charge in [0.05, 0.1) is 17.2 Å². The summed E-state index contributed by atoms with van der Waals surface area (Å²) in [4.78, 5) is 23.6. The molecule has 0 saturated heterocycles. The van der Waals surface area contributed by atoms with E-state index in [-0.39, 0.29) is 23.9 Å². The van der Waals surface area contributed by atoms with E-state index in [1.165, 1.54) is 16.4 Å². The molecule has 0 radical (unpaired) electrons. The number of carbonyl (C=O) groups is 2. The molecule has 108 valence electrons. The van der Waals surface area contributed by atoms with Crippen LogP contribution < -0.4 is 5.32 Å². The lowest BCUT2D eigenvalue weighted by molar-refractivity contribution is -0.115. The fourth-order valence-corrected chi connectivity index (χ4v) is 3.02. The second kappa shape index (κ2) is 5.45. The maximum atomic E-state index is 12.3. The van der Waals surface area contributed by atoms with Crippen LogP contribution in [0.2, 0.25) is 5.02 Å². The Labute approximate surface area is 129 Å². The van der Waals surface area contributed by atoms with E-state index in [0.717, 1.165) is 5.56 Å². The van der Waals surface area contributed by atoms with Gasteiger partial charge in [-0.15, -0.1) is 5.10 Å². The number of nitrogens with zero attached hydrogens (tertiary/aromatic N) is 4. The van der Waals surface area contributed by atoms with Crippen LogP contribution in [-0.2, 0) is 18.3 Å². The van der Waals surface area contributed by atoms with Gasteiger partial charge in [0.1, 0.15) is 0 Å². The number of tetrazole rings is 1. The largest absolute Gasteiger partial charge is 0.325 e. The smallest absolute Gasteiger partial charge is 0.228 e. The van der Waals surface area contributed by atoms with E-state index >= 15 is 0 Å². The summed E-state index contributed by atoms with van der Waals surface area (Å²) in [6.45, 7) is 0. The molecule has 2 aromatic rings. The van der Waals surface area contributed by atoms with Gasteiger partial charge >= 0.3 is 0 Å². The molecule has 1 aromatic heterocycles. The number of Topliss-reactive ketones (excluding diaryl/α,β-unsaturated/α-hetero) is 1. The van der Waals surface area contributed by atoms with E-state index in [2.05, 4.69) is 20.8 Å². The SMILES string of the molecule is Cn1nnnc1SCC(=O)c1cc2c(cc1Cl)NC(=O)C2. The van der Waals surface area contributed by atoms with Crippen LogP contribution >= 0.6 is 23.4 Å². The first-order valence-corrected chi connectivity index (χ1v) is 7.41. The number of aromatic nitrogens is 4. The minimum absolute atomic E-state index is 0.0924. The molecule has 0 unspecified atom stereocenters. The number of thioether (sulfide) groups is 1. The maximum Gasteiger partial charge on any atom is 0.228 e. The maximum absolute atomic E-state index is 12.3. The second-order valence-corrected chi connectivity index (χ2v) is 5.86. The van der Waals surface area contributed by atoms with Gasteiger partial charge in [0, 0.05) is 18.3 Å². The van der Waals surface area contributed by atoms with Crippen molar-refractivity contribution in [3.05, 3.63) is 28.3 Å². The molecule has 0 atom stereocenters. The van der Waals surface area contributed by atoms with Crippen molar-refractivity contribution in [1.29, 1.82) is 0 Å². The van der Waals surface area contributed by atoms with Crippen LogP contribution in [0.25, 0.3) is 0 Å². The highest BCUT2D eigenvalue weighted by Gasteiger charge is 2.22. The van der Waals surface area contributed by atoms with E-state index in [1.807, 2.05) is 0 Å². The Bertz CT molecular complexity index is 745. The monoisotopic (exact) mass is 323 g/mol. The fourth-order valence-electron chi connectivity index (χ4n) is 2.01. The average Bonchev–Trinajstić information content (AvgIpc) is 2.99. The predicted molar refractivity (Wildman–Crippen MR) is 77.6 cm³/mol. The van der Waals surface area contributed by atoms with Gasteiger partial charge in [0.2, 0.25) is 11.1 Å². The number of anilines is 1. The summed E-state index contributed by atoms with van der Waals surface area (Å²) in [7, 11) is 1.70. The van der Waals surface area contributed by atoms with Crippen molar-refractivity contribution in [1.82, 2.24) is 20.2 Å². The van der Waals surface area contributed by atoms with Crippen LogP contribution in [0.4, 0.5) is 5.69 Å². The molecule has 7 nitrogen and oxygen atoms in total. The van der Waals surface area contributed by atoms with Crippen molar-refractivity contribution in [3.8, 4) is 0 Å². The van der Waals surface area contributed by atoms with Gasteiger partial charge in [0.15, 0.2) is 5.78 Å². The molecule has 9 heteroatoms. The average molecular weight is 324 g/mol. The van der Waals surface area contributed by atoms with Gasteiger partial charge in [-0.1, -0.05) is 23.4 Å². The van der Waals surface area contributed by atoms with Crippen LogP contribution in [-0.4, -0.2) is 37.7 Å². The first kappa shape index (κ1) is 14.0. The summed E-state index contributed by atoms with van der Waals surface area (Å²) in [6, 6.07) is 3.29. The number of halogens is 1. The Morgan fingerprint density at radius 3 is 3.05 bits per heavy atom. The molecule has 0 fully saturated rings. The zero-order valence-corrected chi connectivity index (χ0v) is 12.5. The molecule has 21 heavy (non-hydrogen) atoms. The number of ketones is 1. The van der Waals surface area contributed by atoms with Crippen molar-refractivity contribution < 1.29 is 9.59 Å². The number of carbonyl (C=O) groups excluding carboxylic acids is 2. The lowest BCUT2D eigenvalue weighted by Crippen LogP contribution is -2.05. The summed E-state index contributed by atoms with van der Waals surface area (Å²) in [5.74, 6) is -0.0472. The first-order valence-electron chi connectivity index (χ1n) is 6.05. The molecule has 1 aliphatic rings. The number of hydrogen-bond acceptors (Lipinski definition) is 6. The number of amides is 1. The van der Waals surface area contributed by atoms with E-state index in [4.69, 9.17) is 11.6 Å². The number of fused-ring (bicyclic) bond motifs is 1. The summed E-state index contributed by atoms with van der Waals surface area (Å²) < 4.78 is 1.49. The Morgan fingerprint density at radius 2 is 2.33 bits per heavy atom. The van der Waals surface area contributed by atoms with Crippen molar-refractivity contribution >= 4 is 40.7 Å². The summed E-state index contributed by atoms with van der Waals surface area (Å²) in [5.41, 5.74) is 1.87. The molecule has 2 heterocycles. The standard InChI is InChI=1S/C12H10ClN5O2S/c1-18-12(15-16-17-18)21-5-10(19)7-2-6-3-11(20)14-9(6)4-8(7)13/h2,4H,3,5H2,1H3,(H,14,20). The highest BCUT2D eigenvalue weighted by molar-refractivity contribution is 7.99. The normalized spacial score (nSPS) is 13.1. The van der Waals surface area contributed by atoms with E-state index < -0.39 is 0 Å². The third-order valence-corrected chi connectivity index (χ3v) is 4.36. The predicted octanol–water partition coefficient (Wildman–Crippen LogP) is 1.33. The van der Waals surface area contributed by atoms with Crippen LogP contribution in [0.1, 0.15) is 15.9 Å². The number of nitrogens with one attached hydrogen (secondary N) is 1. The first-order chi connectivity index (χ1) is 10.0. The van der Waals surface area contributed by atoms with Crippen molar-refractivity contribution in [2.45, 2.75) is 11.6 Å². The molecular weight excluding hydrogens is 314 g/mol. The molecule has 0 spiro atoms. The summed E-state index contributed by atoms with van der Waals surface area (Å²) in [6.07, 6.45) is 0.271. The second-order valence-electron chi connectivity index (χ2n) is 4.51. The van der Waals surface area contributed by atoms with Gasteiger partial charge < -0.3 is 5.32 Å². The van der Waals surface area contributed by atoms with Crippen molar-refractivity contribution in [2.24, 2.45) is 7.05 Å². The topological polar surface area (TPSA) is 89.8 Å². The van der Waals surface area contributed by atoms with Gasteiger partial charge in [0.25, 0.3) is 0 Å². The molecule has 1 aromatic carbocycles. The van der Waals surface area contributed by atoms with E-state index in [0.29, 0.717) is 21.4 Å². The minimum atomic E-state index is -0.129. The number of benzene rings is 1. The van der Waals surface area contributed by atoms with Crippen molar-refractivity contribution in [3.63, 3.8) is 0 Å².